The topological polar surface area (TPSA) is 29.5 Å². The number of benzene rings is 1. The SMILES string of the molecule is CC1(C)CC(O)c2c(Cl)c(Br)cc(Cl)c2O1. The van der Waals surface area contributed by atoms with Crippen molar-refractivity contribution in [2.75, 3.05) is 0 Å². The molecule has 1 aromatic rings. The minimum atomic E-state index is -0.652. The summed E-state index contributed by atoms with van der Waals surface area (Å²) >= 11 is 15.5. The smallest absolute Gasteiger partial charge is 0.146 e. The van der Waals surface area contributed by atoms with E-state index in [-0.39, 0.29) is 0 Å². The van der Waals surface area contributed by atoms with Gasteiger partial charge in [-0.2, -0.15) is 0 Å². The first-order valence-corrected chi connectivity index (χ1v) is 6.41. The zero-order valence-electron chi connectivity index (χ0n) is 8.85. The van der Waals surface area contributed by atoms with Gasteiger partial charge in [0.25, 0.3) is 0 Å². The Kier molecular flexibility index (Phi) is 3.17. The predicted molar refractivity (Wildman–Crippen MR) is 68.4 cm³/mol. The molecule has 0 aliphatic carbocycles. The Labute approximate surface area is 113 Å². The molecule has 88 valence electrons. The fourth-order valence-corrected chi connectivity index (χ4v) is 2.97. The summed E-state index contributed by atoms with van der Waals surface area (Å²) in [5.41, 5.74) is 0.132. The number of hydrogen-bond acceptors (Lipinski definition) is 2. The molecule has 1 aliphatic rings. The second kappa shape index (κ2) is 4.05. The van der Waals surface area contributed by atoms with Crippen molar-refractivity contribution in [3.63, 3.8) is 0 Å². The highest BCUT2D eigenvalue weighted by atomic mass is 79.9. The van der Waals surface area contributed by atoms with Crippen LogP contribution in [0, 0.1) is 0 Å². The van der Waals surface area contributed by atoms with Gasteiger partial charge in [0.2, 0.25) is 0 Å². The first-order chi connectivity index (χ1) is 7.32. The van der Waals surface area contributed by atoms with Crippen LogP contribution in [-0.2, 0) is 0 Å². The highest BCUT2D eigenvalue weighted by Gasteiger charge is 2.36. The molecule has 0 aromatic heterocycles. The number of fused-ring (bicyclic) bond motifs is 1. The predicted octanol–water partition coefficient (Wildman–Crippen LogP) is 4.35. The lowest BCUT2D eigenvalue weighted by Crippen LogP contribution is -2.35. The van der Waals surface area contributed by atoms with Gasteiger partial charge in [-0.25, -0.2) is 0 Å². The van der Waals surface area contributed by atoms with Crippen LogP contribution in [0.3, 0.4) is 0 Å². The van der Waals surface area contributed by atoms with E-state index in [4.69, 9.17) is 27.9 Å². The normalized spacial score (nSPS) is 22.5. The summed E-state index contributed by atoms with van der Waals surface area (Å²) in [5.74, 6) is 0.485. The molecular formula is C11H11BrCl2O2. The molecule has 1 aliphatic heterocycles. The van der Waals surface area contributed by atoms with E-state index in [0.717, 1.165) is 0 Å². The summed E-state index contributed by atoms with van der Waals surface area (Å²) in [6.07, 6.45) is -0.159. The maximum atomic E-state index is 10.1. The molecule has 0 fully saturated rings. The highest BCUT2D eigenvalue weighted by Crippen LogP contribution is 2.49. The lowest BCUT2D eigenvalue weighted by molar-refractivity contribution is 0.0117. The van der Waals surface area contributed by atoms with Crippen molar-refractivity contribution < 1.29 is 9.84 Å². The molecule has 1 atom stereocenters. The van der Waals surface area contributed by atoms with Crippen molar-refractivity contribution in [1.29, 1.82) is 0 Å². The van der Waals surface area contributed by atoms with Crippen LogP contribution in [0.25, 0.3) is 0 Å². The lowest BCUT2D eigenvalue weighted by Gasteiger charge is -2.36. The number of aliphatic hydroxyl groups excluding tert-OH is 1. The molecule has 0 spiro atoms. The van der Waals surface area contributed by atoms with E-state index in [1.807, 2.05) is 13.8 Å². The van der Waals surface area contributed by atoms with Gasteiger partial charge in [-0.3, -0.25) is 0 Å². The Balaban J connectivity index is 2.64. The number of hydrogen-bond donors (Lipinski definition) is 1. The Bertz CT molecular complexity index is 446. The number of ether oxygens (including phenoxy) is 1. The molecular weight excluding hydrogens is 315 g/mol. The zero-order valence-corrected chi connectivity index (χ0v) is 11.9. The Hall–Kier alpha value is 0.0400. The van der Waals surface area contributed by atoms with Gasteiger partial charge in [-0.1, -0.05) is 23.2 Å². The minimum absolute atomic E-state index is 0.437. The van der Waals surface area contributed by atoms with Crippen LogP contribution in [0.2, 0.25) is 10.0 Å². The average Bonchev–Trinajstić information content (AvgIpc) is 2.12. The average molecular weight is 326 g/mol. The third-order valence-electron chi connectivity index (χ3n) is 2.56. The Morgan fingerprint density at radius 2 is 2.12 bits per heavy atom. The van der Waals surface area contributed by atoms with Gasteiger partial charge >= 0.3 is 0 Å². The van der Waals surface area contributed by atoms with E-state index in [1.165, 1.54) is 0 Å². The van der Waals surface area contributed by atoms with Crippen molar-refractivity contribution in [3.05, 3.63) is 26.1 Å². The monoisotopic (exact) mass is 324 g/mol. The van der Waals surface area contributed by atoms with E-state index in [9.17, 15) is 5.11 Å². The number of halogens is 3. The fourth-order valence-electron chi connectivity index (χ4n) is 1.88. The van der Waals surface area contributed by atoms with Crippen LogP contribution in [0.1, 0.15) is 31.9 Å². The van der Waals surface area contributed by atoms with Crippen molar-refractivity contribution >= 4 is 39.1 Å². The highest BCUT2D eigenvalue weighted by molar-refractivity contribution is 9.10. The molecule has 16 heavy (non-hydrogen) atoms. The van der Waals surface area contributed by atoms with Crippen LogP contribution >= 0.6 is 39.1 Å². The molecule has 1 heterocycles. The van der Waals surface area contributed by atoms with Crippen LogP contribution in [-0.4, -0.2) is 10.7 Å². The second-order valence-corrected chi connectivity index (χ2v) is 6.12. The second-order valence-electron chi connectivity index (χ2n) is 4.48. The summed E-state index contributed by atoms with van der Waals surface area (Å²) in [5, 5.41) is 11.0. The van der Waals surface area contributed by atoms with Gasteiger partial charge in [-0.05, 0) is 35.8 Å². The van der Waals surface area contributed by atoms with Crippen molar-refractivity contribution in [2.24, 2.45) is 0 Å². The van der Waals surface area contributed by atoms with Crippen molar-refractivity contribution in [3.8, 4) is 5.75 Å². The standard InChI is InChI=1S/C11H11BrCl2O2/c1-11(2)4-7(15)8-9(14)5(12)3-6(13)10(8)16-11/h3,7,15H,4H2,1-2H3. The van der Waals surface area contributed by atoms with Crippen molar-refractivity contribution in [2.45, 2.75) is 32.0 Å². The third kappa shape index (κ3) is 2.06. The summed E-state index contributed by atoms with van der Waals surface area (Å²) in [6, 6.07) is 1.68. The van der Waals surface area contributed by atoms with Gasteiger partial charge in [0, 0.05) is 16.5 Å². The van der Waals surface area contributed by atoms with Crippen LogP contribution in [0.15, 0.2) is 10.5 Å². The van der Waals surface area contributed by atoms with E-state index in [1.54, 1.807) is 6.07 Å². The van der Waals surface area contributed by atoms with E-state index >= 15 is 0 Å². The number of aliphatic hydroxyl groups is 1. The molecule has 1 unspecified atom stereocenters. The quantitative estimate of drug-likeness (QED) is 0.718. The van der Waals surface area contributed by atoms with Gasteiger partial charge in [-0.15, -0.1) is 0 Å². The maximum absolute atomic E-state index is 10.1. The van der Waals surface area contributed by atoms with Crippen LogP contribution in [0.5, 0.6) is 5.75 Å². The largest absolute Gasteiger partial charge is 0.486 e. The van der Waals surface area contributed by atoms with E-state index in [2.05, 4.69) is 15.9 Å². The van der Waals surface area contributed by atoms with Gasteiger partial charge in [0.1, 0.15) is 11.4 Å². The fraction of sp³-hybridized carbons (Fsp3) is 0.455. The molecule has 1 aromatic carbocycles. The van der Waals surface area contributed by atoms with Gasteiger partial charge < -0.3 is 9.84 Å². The molecule has 1 N–H and O–H groups in total. The third-order valence-corrected chi connectivity index (χ3v) is 4.10. The molecule has 0 radical (unpaired) electrons. The Morgan fingerprint density at radius 3 is 2.75 bits per heavy atom. The van der Waals surface area contributed by atoms with E-state index in [0.29, 0.717) is 32.3 Å². The summed E-state index contributed by atoms with van der Waals surface area (Å²) < 4.78 is 6.43. The molecule has 2 nitrogen and oxygen atoms in total. The maximum Gasteiger partial charge on any atom is 0.146 e. The van der Waals surface area contributed by atoms with Crippen molar-refractivity contribution in [1.82, 2.24) is 0 Å². The van der Waals surface area contributed by atoms with Gasteiger partial charge in [0.05, 0.1) is 16.1 Å². The van der Waals surface area contributed by atoms with Crippen LogP contribution in [0.4, 0.5) is 0 Å². The molecule has 0 saturated heterocycles. The molecule has 5 heteroatoms. The molecule has 0 saturated carbocycles. The summed E-state index contributed by atoms with van der Waals surface area (Å²) in [4.78, 5) is 0. The summed E-state index contributed by atoms with van der Waals surface area (Å²) in [6.45, 7) is 3.82. The zero-order chi connectivity index (χ0) is 12.1. The van der Waals surface area contributed by atoms with Crippen LogP contribution < -0.4 is 4.74 Å². The number of rotatable bonds is 0. The molecule has 0 bridgehead atoms. The minimum Gasteiger partial charge on any atom is -0.486 e. The molecule has 2 rings (SSSR count). The summed E-state index contributed by atoms with van der Waals surface area (Å²) in [7, 11) is 0. The molecule has 0 amide bonds. The Morgan fingerprint density at radius 1 is 1.50 bits per heavy atom. The first-order valence-electron chi connectivity index (χ1n) is 4.86. The first kappa shape index (κ1) is 12.5. The van der Waals surface area contributed by atoms with E-state index < -0.39 is 11.7 Å². The lowest BCUT2D eigenvalue weighted by atomic mass is 9.92. The van der Waals surface area contributed by atoms with Gasteiger partial charge in [0.15, 0.2) is 0 Å².